The van der Waals surface area contributed by atoms with E-state index in [0.29, 0.717) is 31.5 Å². The van der Waals surface area contributed by atoms with Gasteiger partial charge in [0.05, 0.1) is 23.2 Å². The van der Waals surface area contributed by atoms with Gasteiger partial charge in [0.1, 0.15) is 21.9 Å². The van der Waals surface area contributed by atoms with E-state index in [1.54, 1.807) is 19.2 Å². The average molecular weight is 587 g/mol. The van der Waals surface area contributed by atoms with E-state index >= 15 is 0 Å². The summed E-state index contributed by atoms with van der Waals surface area (Å²) in [5, 5.41) is 8.06. The fraction of sp³-hybridized carbons (Fsp3) is 0.167. The van der Waals surface area contributed by atoms with Crippen molar-refractivity contribution in [2.75, 3.05) is 17.2 Å². The highest BCUT2D eigenvalue weighted by atomic mass is 32.1. The Kier molecular flexibility index (Phi) is 8.09. The number of thiophene rings is 2. The van der Waals surface area contributed by atoms with Crippen LogP contribution in [0.15, 0.2) is 71.1 Å². The molecule has 0 bridgehead atoms. The van der Waals surface area contributed by atoms with E-state index in [1.807, 2.05) is 61.5 Å². The summed E-state index contributed by atoms with van der Waals surface area (Å²) in [5.41, 5.74) is 3.38. The van der Waals surface area contributed by atoms with Crippen molar-refractivity contribution in [2.45, 2.75) is 27.3 Å². The summed E-state index contributed by atoms with van der Waals surface area (Å²) >= 11 is 2.33. The Labute approximate surface area is 243 Å². The first kappa shape index (κ1) is 27.9. The monoisotopic (exact) mass is 586 g/mol. The molecular weight excluding hydrogens is 560 g/mol. The zero-order valence-electron chi connectivity index (χ0n) is 22.5. The number of aromatic nitrogens is 2. The van der Waals surface area contributed by atoms with E-state index in [9.17, 15) is 19.2 Å². The van der Waals surface area contributed by atoms with Crippen molar-refractivity contribution >= 4 is 61.4 Å². The summed E-state index contributed by atoms with van der Waals surface area (Å²) in [6.45, 7) is 5.16. The van der Waals surface area contributed by atoms with Gasteiger partial charge in [-0.25, -0.2) is 9.78 Å². The zero-order valence-corrected chi connectivity index (χ0v) is 24.2. The lowest BCUT2D eigenvalue weighted by molar-refractivity contribution is -0.116. The third kappa shape index (κ3) is 5.67. The number of fused-ring (bicyclic) bond motifs is 1. The van der Waals surface area contributed by atoms with Crippen molar-refractivity contribution in [1.29, 1.82) is 0 Å². The Morgan fingerprint density at radius 2 is 1.73 bits per heavy atom. The number of benzene rings is 2. The Morgan fingerprint density at radius 1 is 1.00 bits per heavy atom. The van der Waals surface area contributed by atoms with Crippen LogP contribution >= 0.6 is 22.7 Å². The molecule has 0 aliphatic rings. The summed E-state index contributed by atoms with van der Waals surface area (Å²) in [6.07, 6.45) is 1.29. The van der Waals surface area contributed by atoms with Gasteiger partial charge >= 0.3 is 5.97 Å². The highest BCUT2D eigenvalue weighted by molar-refractivity contribution is 7.20. The van der Waals surface area contributed by atoms with Crippen LogP contribution in [0.3, 0.4) is 0 Å². The summed E-state index contributed by atoms with van der Waals surface area (Å²) in [6, 6.07) is 16.8. The first-order valence-electron chi connectivity index (χ1n) is 12.8. The van der Waals surface area contributed by atoms with Crippen molar-refractivity contribution < 1.29 is 19.1 Å². The maximum absolute atomic E-state index is 13.4. The number of aryl methyl sites for hydroxylation is 2. The van der Waals surface area contributed by atoms with Crippen molar-refractivity contribution in [1.82, 2.24) is 9.55 Å². The molecule has 11 heteroatoms. The fourth-order valence-electron chi connectivity index (χ4n) is 4.39. The lowest BCUT2D eigenvalue weighted by atomic mass is 10.0. The predicted molar refractivity (Wildman–Crippen MR) is 162 cm³/mol. The number of nitrogens with one attached hydrogen (secondary N) is 2. The number of hydrogen-bond acceptors (Lipinski definition) is 8. The predicted octanol–water partition coefficient (Wildman–Crippen LogP) is 5.87. The number of nitrogens with zero attached hydrogens (tertiary/aromatic N) is 2. The molecule has 5 rings (SSSR count). The molecule has 0 fully saturated rings. The molecular formula is C30H26N4O5S2. The molecule has 208 valence electrons. The topological polar surface area (TPSA) is 119 Å². The molecule has 0 saturated heterocycles. The smallest absolute Gasteiger partial charge is 0.341 e. The number of para-hydroxylation sites is 1. The van der Waals surface area contributed by atoms with Gasteiger partial charge in [-0.15, -0.1) is 22.7 Å². The number of anilines is 2. The molecule has 0 unspecified atom stereocenters. The van der Waals surface area contributed by atoms with Gasteiger partial charge in [0.2, 0.25) is 5.91 Å². The minimum absolute atomic E-state index is 0.183. The molecule has 3 aromatic heterocycles. The molecule has 2 amide bonds. The Hall–Kier alpha value is -4.61. The highest BCUT2D eigenvalue weighted by Gasteiger charge is 2.24. The van der Waals surface area contributed by atoms with Crippen molar-refractivity contribution in [2.24, 2.45) is 0 Å². The van der Waals surface area contributed by atoms with Gasteiger partial charge in [-0.2, -0.15) is 0 Å². The van der Waals surface area contributed by atoms with E-state index in [0.717, 1.165) is 22.5 Å². The molecule has 0 spiro atoms. The van der Waals surface area contributed by atoms with Crippen LogP contribution < -0.4 is 16.2 Å². The van der Waals surface area contributed by atoms with Gasteiger partial charge in [-0.05, 0) is 43.5 Å². The van der Waals surface area contributed by atoms with E-state index < -0.39 is 17.4 Å². The molecule has 0 radical (unpaired) electrons. The zero-order chi connectivity index (χ0) is 29.1. The van der Waals surface area contributed by atoms with Gasteiger partial charge in [-0.3, -0.25) is 19.0 Å². The van der Waals surface area contributed by atoms with Crippen LogP contribution in [0.1, 0.15) is 38.1 Å². The molecule has 3 heterocycles. The second-order valence-electron chi connectivity index (χ2n) is 9.17. The van der Waals surface area contributed by atoms with Crippen LogP contribution in [0.2, 0.25) is 0 Å². The minimum Gasteiger partial charge on any atom is -0.462 e. The molecule has 2 aromatic carbocycles. The minimum atomic E-state index is -0.548. The van der Waals surface area contributed by atoms with Crippen LogP contribution in [-0.4, -0.2) is 33.9 Å². The van der Waals surface area contributed by atoms with E-state index in [4.69, 9.17) is 4.74 Å². The first-order valence-corrected chi connectivity index (χ1v) is 14.5. The van der Waals surface area contributed by atoms with Crippen molar-refractivity contribution in [3.63, 3.8) is 0 Å². The van der Waals surface area contributed by atoms with Gasteiger partial charge in [0.25, 0.3) is 11.5 Å². The maximum atomic E-state index is 13.4. The lowest BCUT2D eigenvalue weighted by Crippen LogP contribution is -2.28. The largest absolute Gasteiger partial charge is 0.462 e. The number of hydrogen-bond donors (Lipinski definition) is 2. The Morgan fingerprint density at radius 3 is 2.46 bits per heavy atom. The van der Waals surface area contributed by atoms with E-state index in [-0.39, 0.29) is 30.0 Å². The molecule has 41 heavy (non-hydrogen) atoms. The highest BCUT2D eigenvalue weighted by Crippen LogP contribution is 2.36. The molecule has 2 N–H and O–H groups in total. The Balaban J connectivity index is 1.40. The average Bonchev–Trinajstić information content (AvgIpc) is 3.53. The van der Waals surface area contributed by atoms with Gasteiger partial charge in [-0.1, -0.05) is 48.5 Å². The maximum Gasteiger partial charge on any atom is 0.341 e. The van der Waals surface area contributed by atoms with Crippen LogP contribution in [0.25, 0.3) is 21.3 Å². The fourth-order valence-corrected chi connectivity index (χ4v) is 6.40. The first-order chi connectivity index (χ1) is 19.8. The number of carbonyl (C=O) groups is 3. The van der Waals surface area contributed by atoms with Gasteiger partial charge in [0, 0.05) is 16.6 Å². The Bertz CT molecular complexity index is 1840. The number of rotatable bonds is 8. The summed E-state index contributed by atoms with van der Waals surface area (Å²) < 4.78 is 6.45. The summed E-state index contributed by atoms with van der Waals surface area (Å²) in [7, 11) is 0. The molecule has 0 atom stereocenters. The van der Waals surface area contributed by atoms with Gasteiger partial charge in [0.15, 0.2) is 0 Å². The SMILES string of the molecule is CCOC(=O)c1c(-c2ccccc2)csc1NC(=O)Cn1cnc2sc(C(=O)Nc3ccccc3C)c(C)c2c1=O. The third-order valence-corrected chi connectivity index (χ3v) is 8.53. The molecule has 0 saturated carbocycles. The molecule has 5 aromatic rings. The normalized spacial score (nSPS) is 10.9. The van der Waals surface area contributed by atoms with Gasteiger partial charge < -0.3 is 15.4 Å². The number of amides is 2. The van der Waals surface area contributed by atoms with Crippen LogP contribution in [0, 0.1) is 13.8 Å². The van der Waals surface area contributed by atoms with Crippen LogP contribution in [0.5, 0.6) is 0 Å². The third-order valence-electron chi connectivity index (χ3n) is 6.44. The lowest BCUT2D eigenvalue weighted by Gasteiger charge is -2.10. The van der Waals surface area contributed by atoms with E-state index in [2.05, 4.69) is 15.6 Å². The summed E-state index contributed by atoms with van der Waals surface area (Å²) in [5.74, 6) is -1.39. The second-order valence-corrected chi connectivity index (χ2v) is 11.0. The summed E-state index contributed by atoms with van der Waals surface area (Å²) in [4.78, 5) is 57.5. The van der Waals surface area contributed by atoms with E-state index in [1.165, 1.54) is 22.2 Å². The van der Waals surface area contributed by atoms with Crippen molar-refractivity contribution in [3.8, 4) is 11.1 Å². The standard InChI is InChI=1S/C30H26N4O5S2/c1-4-39-30(38)24-20(19-11-6-5-7-12-19)15-40-28(24)33-22(35)14-34-16-31-27-23(29(34)37)18(3)25(41-27)26(36)32-21-13-9-8-10-17(21)2/h5-13,15-16H,4,14H2,1-3H3,(H,32,36)(H,33,35). The van der Waals surface area contributed by atoms with Crippen molar-refractivity contribution in [3.05, 3.63) is 98.2 Å². The number of esters is 1. The quantitative estimate of drug-likeness (QED) is 0.220. The second kappa shape index (κ2) is 11.9. The van der Waals surface area contributed by atoms with Crippen LogP contribution in [-0.2, 0) is 16.1 Å². The number of ether oxygens (including phenoxy) is 1. The number of carbonyl (C=O) groups excluding carboxylic acids is 3. The molecule has 0 aliphatic heterocycles. The van der Waals surface area contributed by atoms with Crippen LogP contribution in [0.4, 0.5) is 10.7 Å². The molecule has 9 nitrogen and oxygen atoms in total. The molecule has 0 aliphatic carbocycles.